The van der Waals surface area contributed by atoms with Crippen molar-refractivity contribution in [2.75, 3.05) is 0 Å². The molecule has 0 saturated carbocycles. The molecule has 1 aromatic heterocycles. The van der Waals surface area contributed by atoms with Gasteiger partial charge in [-0.3, -0.25) is 9.78 Å². The Morgan fingerprint density at radius 3 is 2.65 bits per heavy atom. The van der Waals surface area contributed by atoms with Crippen molar-refractivity contribution in [3.63, 3.8) is 0 Å². The van der Waals surface area contributed by atoms with Crippen LogP contribution >= 0.6 is 11.6 Å². The molecule has 0 aliphatic carbocycles. The Bertz CT molecular complexity index is 528. The molecule has 0 aliphatic rings. The van der Waals surface area contributed by atoms with Crippen LogP contribution in [-0.4, -0.2) is 16.1 Å². The Morgan fingerprint density at radius 2 is 2.06 bits per heavy atom. The summed E-state index contributed by atoms with van der Waals surface area (Å²) in [5.41, 5.74) is 1.13. The van der Waals surface area contributed by atoms with E-state index < -0.39 is 11.9 Å². The molecule has 2 rings (SSSR count). The number of halogens is 1. The van der Waals surface area contributed by atoms with Crippen molar-refractivity contribution < 1.29 is 9.90 Å². The third-order valence-corrected chi connectivity index (χ3v) is 2.65. The number of nitrogens with zero attached hydrogens (tertiary/aromatic N) is 1. The molecule has 17 heavy (non-hydrogen) atoms. The molecule has 0 amide bonds. The topological polar surface area (TPSA) is 50.2 Å². The summed E-state index contributed by atoms with van der Waals surface area (Å²) in [6.45, 7) is 0. The summed E-state index contributed by atoms with van der Waals surface area (Å²) >= 11 is 5.87. The molecule has 2 aromatic rings. The lowest BCUT2D eigenvalue weighted by atomic mass is 9.95. The SMILES string of the molecule is O=C(O)C(c1cccc(Cl)c1)c1ccccn1. The molecular formula is C13H10ClNO2. The third kappa shape index (κ3) is 2.63. The standard InChI is InChI=1S/C13H10ClNO2/c14-10-5-3-4-9(8-10)12(13(16)17)11-6-1-2-7-15-11/h1-8,12H,(H,16,17). The van der Waals surface area contributed by atoms with Gasteiger partial charge in [-0.1, -0.05) is 29.8 Å². The first-order valence-electron chi connectivity index (χ1n) is 5.07. The fraction of sp³-hybridized carbons (Fsp3) is 0.0769. The van der Waals surface area contributed by atoms with Gasteiger partial charge >= 0.3 is 5.97 Å². The van der Waals surface area contributed by atoms with Gasteiger partial charge < -0.3 is 5.11 Å². The van der Waals surface area contributed by atoms with Crippen LogP contribution in [0.15, 0.2) is 48.7 Å². The Morgan fingerprint density at radius 1 is 1.24 bits per heavy atom. The summed E-state index contributed by atoms with van der Waals surface area (Å²) in [7, 11) is 0. The quantitative estimate of drug-likeness (QED) is 0.907. The molecule has 1 atom stereocenters. The van der Waals surface area contributed by atoms with Crippen LogP contribution in [0.2, 0.25) is 5.02 Å². The van der Waals surface area contributed by atoms with Crippen LogP contribution < -0.4 is 0 Å². The van der Waals surface area contributed by atoms with Gasteiger partial charge in [-0.25, -0.2) is 0 Å². The van der Waals surface area contributed by atoms with Crippen molar-refractivity contribution >= 4 is 17.6 Å². The fourth-order valence-electron chi connectivity index (χ4n) is 1.67. The second kappa shape index (κ2) is 4.97. The molecule has 0 saturated heterocycles. The maximum atomic E-state index is 11.3. The highest BCUT2D eigenvalue weighted by atomic mass is 35.5. The molecule has 1 heterocycles. The normalized spacial score (nSPS) is 12.1. The molecule has 86 valence electrons. The van der Waals surface area contributed by atoms with E-state index in [-0.39, 0.29) is 0 Å². The highest BCUT2D eigenvalue weighted by Crippen LogP contribution is 2.25. The number of carboxylic acids is 1. The Kier molecular flexibility index (Phi) is 3.40. The monoisotopic (exact) mass is 247 g/mol. The lowest BCUT2D eigenvalue weighted by Crippen LogP contribution is -2.14. The number of hydrogen-bond acceptors (Lipinski definition) is 2. The van der Waals surface area contributed by atoms with Crippen LogP contribution in [-0.2, 0) is 4.79 Å². The first-order chi connectivity index (χ1) is 8.18. The highest BCUT2D eigenvalue weighted by molar-refractivity contribution is 6.30. The van der Waals surface area contributed by atoms with Crippen molar-refractivity contribution in [1.82, 2.24) is 4.98 Å². The van der Waals surface area contributed by atoms with Gasteiger partial charge in [0.15, 0.2) is 0 Å². The van der Waals surface area contributed by atoms with E-state index in [0.29, 0.717) is 16.3 Å². The maximum absolute atomic E-state index is 11.3. The fourth-order valence-corrected chi connectivity index (χ4v) is 1.87. The molecule has 1 aromatic carbocycles. The molecule has 1 unspecified atom stereocenters. The average Bonchev–Trinajstić information content (AvgIpc) is 2.30. The summed E-state index contributed by atoms with van der Waals surface area (Å²) < 4.78 is 0. The predicted octanol–water partition coefficient (Wildman–Crippen LogP) is 2.95. The molecular weight excluding hydrogens is 238 g/mol. The van der Waals surface area contributed by atoms with E-state index >= 15 is 0 Å². The molecule has 4 heteroatoms. The summed E-state index contributed by atoms with van der Waals surface area (Å²) in [5, 5.41) is 9.81. The molecule has 0 fully saturated rings. The minimum absolute atomic E-state index is 0.502. The van der Waals surface area contributed by atoms with Crippen molar-refractivity contribution in [2.45, 2.75) is 5.92 Å². The van der Waals surface area contributed by atoms with Gasteiger partial charge in [0.1, 0.15) is 5.92 Å². The van der Waals surface area contributed by atoms with E-state index in [0.717, 1.165) is 0 Å². The molecule has 0 bridgehead atoms. The number of carbonyl (C=O) groups is 1. The number of carboxylic acid groups (broad SMARTS) is 1. The minimum Gasteiger partial charge on any atom is -0.480 e. The van der Waals surface area contributed by atoms with Crippen molar-refractivity contribution in [3.8, 4) is 0 Å². The number of aromatic nitrogens is 1. The number of benzene rings is 1. The minimum atomic E-state index is -0.939. The van der Waals surface area contributed by atoms with E-state index in [1.165, 1.54) is 0 Å². The first kappa shape index (κ1) is 11.6. The van der Waals surface area contributed by atoms with E-state index in [1.807, 2.05) is 0 Å². The first-order valence-corrected chi connectivity index (χ1v) is 5.45. The Labute approximate surface area is 104 Å². The Hall–Kier alpha value is -1.87. The molecule has 0 spiro atoms. The van der Waals surface area contributed by atoms with Crippen LogP contribution in [0, 0.1) is 0 Å². The summed E-state index contributed by atoms with van der Waals surface area (Å²) in [6.07, 6.45) is 1.58. The van der Waals surface area contributed by atoms with E-state index in [2.05, 4.69) is 4.98 Å². The highest BCUT2D eigenvalue weighted by Gasteiger charge is 2.23. The number of rotatable bonds is 3. The molecule has 0 radical (unpaired) electrons. The lowest BCUT2D eigenvalue weighted by molar-refractivity contribution is -0.137. The zero-order chi connectivity index (χ0) is 12.3. The second-order valence-electron chi connectivity index (χ2n) is 3.58. The number of hydrogen-bond donors (Lipinski definition) is 1. The van der Waals surface area contributed by atoms with Crippen molar-refractivity contribution in [1.29, 1.82) is 0 Å². The maximum Gasteiger partial charge on any atom is 0.317 e. The predicted molar refractivity (Wildman–Crippen MR) is 65.2 cm³/mol. The lowest BCUT2D eigenvalue weighted by Gasteiger charge is -2.12. The van der Waals surface area contributed by atoms with Gasteiger partial charge in [0, 0.05) is 11.2 Å². The zero-order valence-electron chi connectivity index (χ0n) is 8.88. The zero-order valence-corrected chi connectivity index (χ0v) is 9.63. The third-order valence-electron chi connectivity index (χ3n) is 2.41. The van der Waals surface area contributed by atoms with Gasteiger partial charge in [-0.15, -0.1) is 0 Å². The average molecular weight is 248 g/mol. The van der Waals surface area contributed by atoms with Crippen LogP contribution in [0.1, 0.15) is 17.2 Å². The van der Waals surface area contributed by atoms with E-state index in [1.54, 1.807) is 48.7 Å². The van der Waals surface area contributed by atoms with Gasteiger partial charge in [0.25, 0.3) is 0 Å². The van der Waals surface area contributed by atoms with Gasteiger partial charge in [-0.05, 0) is 29.8 Å². The summed E-state index contributed by atoms with van der Waals surface area (Å²) in [4.78, 5) is 15.4. The number of aliphatic carboxylic acids is 1. The molecule has 1 N–H and O–H groups in total. The van der Waals surface area contributed by atoms with Gasteiger partial charge in [-0.2, -0.15) is 0 Å². The van der Waals surface area contributed by atoms with Gasteiger partial charge in [0.05, 0.1) is 5.69 Å². The van der Waals surface area contributed by atoms with Crippen molar-refractivity contribution in [2.24, 2.45) is 0 Å². The number of pyridine rings is 1. The second-order valence-corrected chi connectivity index (χ2v) is 4.02. The van der Waals surface area contributed by atoms with Crippen LogP contribution in [0.3, 0.4) is 0 Å². The smallest absolute Gasteiger partial charge is 0.317 e. The molecule has 3 nitrogen and oxygen atoms in total. The van der Waals surface area contributed by atoms with Crippen molar-refractivity contribution in [3.05, 3.63) is 64.9 Å². The van der Waals surface area contributed by atoms with Crippen LogP contribution in [0.4, 0.5) is 0 Å². The summed E-state index contributed by atoms with van der Waals surface area (Å²) in [6, 6.07) is 12.0. The summed E-state index contributed by atoms with van der Waals surface area (Å²) in [5.74, 6) is -1.72. The van der Waals surface area contributed by atoms with Crippen LogP contribution in [0.5, 0.6) is 0 Å². The van der Waals surface area contributed by atoms with Gasteiger partial charge in [0.2, 0.25) is 0 Å². The van der Waals surface area contributed by atoms with Crippen LogP contribution in [0.25, 0.3) is 0 Å². The van der Waals surface area contributed by atoms with E-state index in [4.69, 9.17) is 11.6 Å². The largest absolute Gasteiger partial charge is 0.480 e. The molecule has 0 aliphatic heterocycles. The Balaban J connectivity index is 2.47. The van der Waals surface area contributed by atoms with E-state index in [9.17, 15) is 9.90 Å².